The van der Waals surface area contributed by atoms with E-state index in [1.54, 1.807) is 36.9 Å². The normalized spacial score (nSPS) is 10.7. The number of carbonyl (C=O) groups is 1. The van der Waals surface area contributed by atoms with E-state index in [0.29, 0.717) is 24.5 Å². The molecule has 3 rings (SSSR count). The summed E-state index contributed by atoms with van der Waals surface area (Å²) < 4.78 is 12.3. The number of ether oxygens (including phenoxy) is 2. The molecule has 6 heteroatoms. The lowest BCUT2D eigenvalue weighted by Crippen LogP contribution is -2.11. The van der Waals surface area contributed by atoms with Crippen LogP contribution in [0, 0.1) is 6.92 Å². The molecule has 130 valence electrons. The number of anilines is 1. The Morgan fingerprint density at radius 1 is 1.28 bits per heavy atom. The van der Waals surface area contributed by atoms with Crippen molar-refractivity contribution in [2.24, 2.45) is 0 Å². The van der Waals surface area contributed by atoms with Crippen molar-refractivity contribution in [1.29, 1.82) is 0 Å². The van der Waals surface area contributed by atoms with Gasteiger partial charge in [0.15, 0.2) is 0 Å². The maximum atomic E-state index is 12.2. The molecular formula is C19H21N3O3. The lowest BCUT2D eigenvalue weighted by molar-refractivity contribution is 0.0518. The lowest BCUT2D eigenvalue weighted by atomic mass is 10.1. The summed E-state index contributed by atoms with van der Waals surface area (Å²) in [5.74, 6) is 0.452. The molecule has 0 fully saturated rings. The molecule has 0 spiro atoms. The summed E-state index contributed by atoms with van der Waals surface area (Å²) in [6, 6.07) is 9.71. The summed E-state index contributed by atoms with van der Waals surface area (Å²) >= 11 is 0. The molecule has 0 saturated heterocycles. The molecule has 0 atom stereocenters. The predicted molar refractivity (Wildman–Crippen MR) is 96.2 cm³/mol. The van der Waals surface area contributed by atoms with Gasteiger partial charge in [-0.05, 0) is 26.0 Å². The summed E-state index contributed by atoms with van der Waals surface area (Å²) in [7, 11) is 1.66. The van der Waals surface area contributed by atoms with E-state index in [1.165, 1.54) is 0 Å². The van der Waals surface area contributed by atoms with Gasteiger partial charge in [0, 0.05) is 36.3 Å². The van der Waals surface area contributed by atoms with Crippen molar-refractivity contribution < 1.29 is 14.3 Å². The molecule has 1 N–H and O–H groups in total. The Kier molecular flexibility index (Phi) is 4.88. The number of fused-ring (bicyclic) bond motifs is 1. The van der Waals surface area contributed by atoms with Gasteiger partial charge in [0.1, 0.15) is 17.1 Å². The number of imidazole rings is 1. The maximum absolute atomic E-state index is 12.2. The zero-order valence-corrected chi connectivity index (χ0v) is 14.6. The number of aryl methyl sites for hydroxylation is 1. The molecule has 1 aromatic carbocycles. The first-order valence-electron chi connectivity index (χ1n) is 8.14. The number of nitrogens with zero attached hydrogens (tertiary/aromatic N) is 2. The first kappa shape index (κ1) is 16.8. The molecule has 0 aliphatic heterocycles. The third-order valence-electron chi connectivity index (χ3n) is 3.91. The van der Waals surface area contributed by atoms with Crippen LogP contribution >= 0.6 is 0 Å². The van der Waals surface area contributed by atoms with Gasteiger partial charge in [-0.25, -0.2) is 9.78 Å². The van der Waals surface area contributed by atoms with E-state index >= 15 is 0 Å². The summed E-state index contributed by atoms with van der Waals surface area (Å²) in [5, 5.41) is 3.34. The minimum absolute atomic E-state index is 0.327. The average Bonchev–Trinajstić information content (AvgIpc) is 3.08. The Hall–Kier alpha value is -3.02. The minimum Gasteiger partial charge on any atom is -0.496 e. The topological polar surface area (TPSA) is 64.9 Å². The Bertz CT molecular complexity index is 902. The van der Waals surface area contributed by atoms with Crippen molar-refractivity contribution in [3.63, 3.8) is 0 Å². The van der Waals surface area contributed by atoms with E-state index in [9.17, 15) is 4.79 Å². The number of benzene rings is 1. The SMILES string of the molecule is CCOC(=O)c1cc(NCc2cc(C)ccc2OC)cc2nccn12. The summed E-state index contributed by atoms with van der Waals surface area (Å²) in [5.41, 5.74) is 4.13. The molecule has 25 heavy (non-hydrogen) atoms. The highest BCUT2D eigenvalue weighted by molar-refractivity contribution is 5.90. The molecule has 0 unspecified atom stereocenters. The number of esters is 1. The van der Waals surface area contributed by atoms with E-state index < -0.39 is 0 Å². The maximum Gasteiger partial charge on any atom is 0.355 e. The first-order chi connectivity index (χ1) is 12.1. The zero-order chi connectivity index (χ0) is 17.8. The van der Waals surface area contributed by atoms with Crippen molar-refractivity contribution in [3.8, 4) is 5.75 Å². The second-order valence-electron chi connectivity index (χ2n) is 5.67. The number of rotatable bonds is 6. The highest BCUT2D eigenvalue weighted by Crippen LogP contribution is 2.22. The van der Waals surface area contributed by atoms with Crippen LogP contribution in [0.5, 0.6) is 5.75 Å². The second-order valence-corrected chi connectivity index (χ2v) is 5.67. The van der Waals surface area contributed by atoms with Crippen molar-refractivity contribution in [3.05, 3.63) is 59.5 Å². The number of hydrogen-bond acceptors (Lipinski definition) is 5. The van der Waals surface area contributed by atoms with Crippen LogP contribution < -0.4 is 10.1 Å². The van der Waals surface area contributed by atoms with Crippen molar-refractivity contribution >= 4 is 17.3 Å². The number of aromatic nitrogens is 2. The molecule has 0 amide bonds. The van der Waals surface area contributed by atoms with Crippen molar-refractivity contribution in [2.45, 2.75) is 20.4 Å². The molecule has 2 heterocycles. The van der Waals surface area contributed by atoms with Crippen LogP contribution in [0.25, 0.3) is 5.65 Å². The van der Waals surface area contributed by atoms with Gasteiger partial charge in [-0.15, -0.1) is 0 Å². The fourth-order valence-corrected chi connectivity index (χ4v) is 2.73. The third kappa shape index (κ3) is 3.57. The number of pyridine rings is 1. The van der Waals surface area contributed by atoms with Crippen molar-refractivity contribution in [2.75, 3.05) is 19.0 Å². The minimum atomic E-state index is -0.373. The summed E-state index contributed by atoms with van der Waals surface area (Å²) in [4.78, 5) is 16.5. The van der Waals surface area contributed by atoms with Crippen LogP contribution in [0.2, 0.25) is 0 Å². The van der Waals surface area contributed by atoms with Crippen LogP contribution in [-0.4, -0.2) is 29.1 Å². The van der Waals surface area contributed by atoms with Gasteiger partial charge >= 0.3 is 5.97 Å². The van der Waals surface area contributed by atoms with Gasteiger partial charge in [-0.3, -0.25) is 4.40 Å². The Labute approximate surface area is 146 Å². The number of nitrogens with one attached hydrogen (secondary N) is 1. The first-order valence-corrected chi connectivity index (χ1v) is 8.14. The molecule has 0 aliphatic carbocycles. The van der Waals surface area contributed by atoms with Crippen LogP contribution in [0.15, 0.2) is 42.7 Å². The second kappa shape index (κ2) is 7.25. The van der Waals surface area contributed by atoms with Gasteiger partial charge in [-0.1, -0.05) is 17.7 Å². The van der Waals surface area contributed by atoms with E-state index in [0.717, 1.165) is 22.6 Å². The number of carbonyl (C=O) groups excluding carboxylic acids is 1. The third-order valence-corrected chi connectivity index (χ3v) is 3.91. The number of methoxy groups -OCH3 is 1. The Morgan fingerprint density at radius 2 is 2.12 bits per heavy atom. The van der Waals surface area contributed by atoms with E-state index in [4.69, 9.17) is 9.47 Å². The monoisotopic (exact) mass is 339 g/mol. The summed E-state index contributed by atoms with van der Waals surface area (Å²) in [6.45, 7) is 4.73. The Balaban J connectivity index is 1.89. The standard InChI is InChI=1S/C19H21N3O3/c1-4-25-19(23)16-10-15(11-18-20-7-8-22(16)18)21-12-14-9-13(2)5-6-17(14)24-3/h5-11,21H,4,12H2,1-3H3. The number of hydrogen-bond donors (Lipinski definition) is 1. The highest BCUT2D eigenvalue weighted by Gasteiger charge is 2.13. The molecule has 2 aromatic heterocycles. The fourth-order valence-electron chi connectivity index (χ4n) is 2.73. The van der Waals surface area contributed by atoms with Gasteiger partial charge in [0.25, 0.3) is 0 Å². The summed E-state index contributed by atoms with van der Waals surface area (Å²) in [6.07, 6.45) is 3.40. The molecular weight excluding hydrogens is 318 g/mol. The average molecular weight is 339 g/mol. The van der Waals surface area contributed by atoms with E-state index in [2.05, 4.69) is 16.4 Å². The van der Waals surface area contributed by atoms with E-state index in [1.807, 2.05) is 25.1 Å². The van der Waals surface area contributed by atoms with Gasteiger partial charge in [0.05, 0.1) is 13.7 Å². The molecule has 6 nitrogen and oxygen atoms in total. The highest BCUT2D eigenvalue weighted by atomic mass is 16.5. The van der Waals surface area contributed by atoms with Gasteiger partial charge in [-0.2, -0.15) is 0 Å². The van der Waals surface area contributed by atoms with Gasteiger partial charge < -0.3 is 14.8 Å². The molecule has 0 radical (unpaired) electrons. The van der Waals surface area contributed by atoms with Crippen molar-refractivity contribution in [1.82, 2.24) is 9.38 Å². The van der Waals surface area contributed by atoms with Crippen LogP contribution in [-0.2, 0) is 11.3 Å². The quantitative estimate of drug-likeness (QED) is 0.697. The fraction of sp³-hybridized carbons (Fsp3) is 0.263. The van der Waals surface area contributed by atoms with Crippen LogP contribution in [0.1, 0.15) is 28.5 Å². The van der Waals surface area contributed by atoms with Crippen LogP contribution in [0.4, 0.5) is 5.69 Å². The molecule has 0 saturated carbocycles. The lowest BCUT2D eigenvalue weighted by Gasteiger charge is -2.13. The van der Waals surface area contributed by atoms with E-state index in [-0.39, 0.29) is 5.97 Å². The largest absolute Gasteiger partial charge is 0.496 e. The predicted octanol–water partition coefficient (Wildman–Crippen LogP) is 3.44. The Morgan fingerprint density at radius 3 is 2.88 bits per heavy atom. The molecule has 3 aromatic rings. The smallest absolute Gasteiger partial charge is 0.355 e. The van der Waals surface area contributed by atoms with Gasteiger partial charge in [0.2, 0.25) is 0 Å². The zero-order valence-electron chi connectivity index (χ0n) is 14.6. The molecule has 0 bridgehead atoms. The molecule has 0 aliphatic rings. The van der Waals surface area contributed by atoms with Crippen LogP contribution in [0.3, 0.4) is 0 Å².